The number of nitrogens with one attached hydrogen (secondary N) is 1. The highest BCUT2D eigenvalue weighted by molar-refractivity contribution is 5.93. The summed E-state index contributed by atoms with van der Waals surface area (Å²) in [7, 11) is 0. The molecule has 0 radical (unpaired) electrons. The molecule has 1 amide bonds. The van der Waals surface area contributed by atoms with Gasteiger partial charge in [0.25, 0.3) is 5.91 Å². The number of carbonyl (C=O) groups is 1. The Morgan fingerprint density at radius 2 is 2.24 bits per heavy atom. The fourth-order valence-electron chi connectivity index (χ4n) is 2.51. The van der Waals surface area contributed by atoms with Gasteiger partial charge in [0.1, 0.15) is 5.82 Å². The van der Waals surface area contributed by atoms with Crippen LogP contribution in [0.2, 0.25) is 0 Å². The highest BCUT2D eigenvalue weighted by atomic mass is 19.1. The first-order chi connectivity index (χ1) is 10.2. The van der Waals surface area contributed by atoms with E-state index in [0.29, 0.717) is 12.1 Å². The lowest BCUT2D eigenvalue weighted by Crippen LogP contribution is -2.30. The van der Waals surface area contributed by atoms with Crippen molar-refractivity contribution >= 4 is 11.6 Å². The van der Waals surface area contributed by atoms with Crippen molar-refractivity contribution in [1.82, 2.24) is 10.4 Å². The summed E-state index contributed by atoms with van der Waals surface area (Å²) in [4.78, 5) is 17.7. The van der Waals surface area contributed by atoms with Crippen LogP contribution in [-0.4, -0.2) is 17.4 Å². The lowest BCUT2D eigenvalue weighted by molar-refractivity contribution is 0.0953. The number of halogens is 1. The van der Waals surface area contributed by atoms with E-state index >= 15 is 0 Å². The van der Waals surface area contributed by atoms with Crippen LogP contribution in [0.3, 0.4) is 0 Å². The average molecular weight is 286 g/mol. The molecule has 5 nitrogen and oxygen atoms in total. The average Bonchev–Trinajstić information content (AvgIpc) is 2.89. The first kappa shape index (κ1) is 13.5. The predicted octanol–water partition coefficient (Wildman–Crippen LogP) is 1.39. The van der Waals surface area contributed by atoms with Crippen LogP contribution < -0.4 is 16.2 Å². The SMILES string of the molecule is NNC(=O)c1ccc(CN2CCc3ccc(F)cc32)nc1. The lowest BCUT2D eigenvalue weighted by Gasteiger charge is -2.19. The van der Waals surface area contributed by atoms with Crippen LogP contribution in [0.15, 0.2) is 36.5 Å². The van der Waals surface area contributed by atoms with Crippen molar-refractivity contribution in [1.29, 1.82) is 0 Å². The minimum Gasteiger partial charge on any atom is -0.365 e. The summed E-state index contributed by atoms with van der Waals surface area (Å²) in [6.07, 6.45) is 2.39. The number of fused-ring (bicyclic) bond motifs is 1. The number of pyridine rings is 1. The van der Waals surface area contributed by atoms with Gasteiger partial charge < -0.3 is 4.90 Å². The summed E-state index contributed by atoms with van der Waals surface area (Å²) in [5.41, 5.74) is 5.36. The van der Waals surface area contributed by atoms with E-state index in [1.807, 2.05) is 6.07 Å². The van der Waals surface area contributed by atoms with Crippen molar-refractivity contribution in [2.24, 2.45) is 5.84 Å². The molecular formula is C15H15FN4O. The van der Waals surface area contributed by atoms with Crippen LogP contribution in [-0.2, 0) is 13.0 Å². The number of nitrogen functional groups attached to an aromatic ring is 1. The molecule has 0 atom stereocenters. The monoisotopic (exact) mass is 286 g/mol. The highest BCUT2D eigenvalue weighted by Gasteiger charge is 2.20. The smallest absolute Gasteiger partial charge is 0.266 e. The number of nitrogens with zero attached hydrogens (tertiary/aromatic N) is 2. The van der Waals surface area contributed by atoms with Crippen LogP contribution in [0.25, 0.3) is 0 Å². The number of anilines is 1. The number of benzene rings is 1. The van der Waals surface area contributed by atoms with Crippen LogP contribution >= 0.6 is 0 Å². The van der Waals surface area contributed by atoms with E-state index in [1.165, 1.54) is 12.3 Å². The van der Waals surface area contributed by atoms with Gasteiger partial charge in [-0.05, 0) is 36.2 Å². The van der Waals surface area contributed by atoms with Crippen molar-refractivity contribution in [3.63, 3.8) is 0 Å². The van der Waals surface area contributed by atoms with E-state index in [0.717, 1.165) is 29.9 Å². The van der Waals surface area contributed by atoms with E-state index in [9.17, 15) is 9.18 Å². The van der Waals surface area contributed by atoms with E-state index in [-0.39, 0.29) is 11.7 Å². The van der Waals surface area contributed by atoms with E-state index in [4.69, 9.17) is 5.84 Å². The van der Waals surface area contributed by atoms with Crippen molar-refractivity contribution in [2.45, 2.75) is 13.0 Å². The second kappa shape index (κ2) is 5.49. The van der Waals surface area contributed by atoms with Gasteiger partial charge >= 0.3 is 0 Å². The van der Waals surface area contributed by atoms with Crippen LogP contribution in [0.5, 0.6) is 0 Å². The Kier molecular flexibility index (Phi) is 3.53. The Labute approximate surface area is 121 Å². The maximum Gasteiger partial charge on any atom is 0.266 e. The van der Waals surface area contributed by atoms with Gasteiger partial charge in [0.05, 0.1) is 17.8 Å². The Balaban J connectivity index is 1.77. The van der Waals surface area contributed by atoms with Crippen molar-refractivity contribution in [2.75, 3.05) is 11.4 Å². The molecule has 0 fully saturated rings. The number of carbonyl (C=O) groups excluding carboxylic acids is 1. The van der Waals surface area contributed by atoms with Crippen molar-refractivity contribution in [3.8, 4) is 0 Å². The largest absolute Gasteiger partial charge is 0.365 e. The second-order valence-corrected chi connectivity index (χ2v) is 4.96. The normalized spacial score (nSPS) is 13.1. The third kappa shape index (κ3) is 2.71. The molecule has 0 saturated heterocycles. The second-order valence-electron chi connectivity index (χ2n) is 4.96. The van der Waals surface area contributed by atoms with Crippen LogP contribution in [0.1, 0.15) is 21.6 Å². The molecule has 0 unspecified atom stereocenters. The first-order valence-corrected chi connectivity index (χ1v) is 6.66. The van der Waals surface area contributed by atoms with Gasteiger partial charge in [0, 0.05) is 18.4 Å². The van der Waals surface area contributed by atoms with Gasteiger partial charge in [-0.2, -0.15) is 0 Å². The first-order valence-electron chi connectivity index (χ1n) is 6.66. The summed E-state index contributed by atoms with van der Waals surface area (Å²) < 4.78 is 13.4. The zero-order valence-electron chi connectivity index (χ0n) is 11.3. The quantitative estimate of drug-likeness (QED) is 0.508. The third-order valence-corrected chi connectivity index (χ3v) is 3.61. The number of hydrazine groups is 1. The molecule has 0 spiro atoms. The van der Waals surface area contributed by atoms with Gasteiger partial charge in [0.15, 0.2) is 0 Å². The van der Waals surface area contributed by atoms with Crippen molar-refractivity contribution < 1.29 is 9.18 Å². The van der Waals surface area contributed by atoms with E-state index in [1.54, 1.807) is 18.2 Å². The summed E-state index contributed by atoms with van der Waals surface area (Å²) in [5, 5.41) is 0. The number of hydrogen-bond donors (Lipinski definition) is 2. The summed E-state index contributed by atoms with van der Waals surface area (Å²) in [6, 6.07) is 8.32. The third-order valence-electron chi connectivity index (χ3n) is 3.61. The molecule has 1 aromatic heterocycles. The molecule has 1 aromatic carbocycles. The topological polar surface area (TPSA) is 71.2 Å². The van der Waals surface area contributed by atoms with E-state index < -0.39 is 0 Å². The molecule has 3 rings (SSSR count). The summed E-state index contributed by atoms with van der Waals surface area (Å²) in [5.74, 6) is 4.47. The Bertz CT molecular complexity index is 672. The highest BCUT2D eigenvalue weighted by Crippen LogP contribution is 2.29. The number of aromatic nitrogens is 1. The maximum atomic E-state index is 13.4. The molecule has 108 valence electrons. The number of nitrogens with two attached hydrogens (primary N) is 1. The fourth-order valence-corrected chi connectivity index (χ4v) is 2.51. The Hall–Kier alpha value is -2.47. The molecule has 0 aliphatic carbocycles. The lowest BCUT2D eigenvalue weighted by atomic mass is 10.1. The molecule has 1 aliphatic heterocycles. The molecule has 3 N–H and O–H groups in total. The molecule has 2 aromatic rings. The van der Waals surface area contributed by atoms with Gasteiger partial charge in [-0.15, -0.1) is 0 Å². The fraction of sp³-hybridized carbons (Fsp3) is 0.200. The molecule has 2 heterocycles. The summed E-state index contributed by atoms with van der Waals surface area (Å²) in [6.45, 7) is 1.42. The zero-order valence-corrected chi connectivity index (χ0v) is 11.3. The number of hydrogen-bond acceptors (Lipinski definition) is 4. The molecule has 6 heteroatoms. The summed E-state index contributed by atoms with van der Waals surface area (Å²) >= 11 is 0. The molecular weight excluding hydrogens is 271 g/mol. The molecule has 0 bridgehead atoms. The van der Waals surface area contributed by atoms with Gasteiger partial charge in [-0.25, -0.2) is 10.2 Å². The van der Waals surface area contributed by atoms with E-state index in [2.05, 4.69) is 15.3 Å². The van der Waals surface area contributed by atoms with Crippen LogP contribution in [0.4, 0.5) is 10.1 Å². The molecule has 0 saturated carbocycles. The minimum atomic E-state index is -0.373. The molecule has 1 aliphatic rings. The zero-order chi connectivity index (χ0) is 14.8. The number of rotatable bonds is 3. The Morgan fingerprint density at radius 3 is 2.95 bits per heavy atom. The van der Waals surface area contributed by atoms with Gasteiger partial charge in [-0.3, -0.25) is 15.2 Å². The minimum absolute atomic E-state index is 0.233. The van der Waals surface area contributed by atoms with Gasteiger partial charge in [-0.1, -0.05) is 6.07 Å². The Morgan fingerprint density at radius 1 is 1.38 bits per heavy atom. The molecule has 21 heavy (non-hydrogen) atoms. The predicted molar refractivity (Wildman–Crippen MR) is 77.0 cm³/mol. The van der Waals surface area contributed by atoms with Crippen LogP contribution in [0, 0.1) is 5.82 Å². The van der Waals surface area contributed by atoms with Gasteiger partial charge in [0.2, 0.25) is 0 Å². The standard InChI is InChI=1S/C15H15FN4O/c16-12-3-1-10-5-6-20(14(10)7-12)9-13-4-2-11(8-18-13)15(21)19-17/h1-4,7-8H,5-6,9,17H2,(H,19,21). The number of amides is 1. The van der Waals surface area contributed by atoms with Crippen molar-refractivity contribution in [3.05, 3.63) is 59.2 Å². The maximum absolute atomic E-state index is 13.4.